The molecule has 0 aliphatic carbocycles. The second-order valence-corrected chi connectivity index (χ2v) is 3.71. The normalized spacial score (nSPS) is 13.8. The SMILES string of the molecule is CC(=O)c1c(C#N)c2n(c1C)CCC2. The van der Waals surface area contributed by atoms with Crippen molar-refractivity contribution in [3.8, 4) is 6.07 Å². The molecule has 1 aromatic heterocycles. The van der Waals surface area contributed by atoms with E-state index in [0.29, 0.717) is 11.1 Å². The number of hydrogen-bond donors (Lipinski definition) is 0. The molecule has 0 saturated carbocycles. The first-order chi connectivity index (χ1) is 6.66. The third-order valence-electron chi connectivity index (χ3n) is 2.89. The van der Waals surface area contributed by atoms with E-state index in [1.807, 2.05) is 6.92 Å². The first kappa shape index (κ1) is 9.01. The largest absolute Gasteiger partial charge is 0.347 e. The Balaban J connectivity index is 2.74. The lowest BCUT2D eigenvalue weighted by Gasteiger charge is -2.00. The van der Waals surface area contributed by atoms with Gasteiger partial charge in [0, 0.05) is 17.9 Å². The zero-order chi connectivity index (χ0) is 10.3. The van der Waals surface area contributed by atoms with Gasteiger partial charge in [0.05, 0.1) is 11.1 Å². The third kappa shape index (κ3) is 1.00. The van der Waals surface area contributed by atoms with Gasteiger partial charge in [-0.3, -0.25) is 4.79 Å². The van der Waals surface area contributed by atoms with E-state index in [0.717, 1.165) is 30.8 Å². The van der Waals surface area contributed by atoms with E-state index < -0.39 is 0 Å². The molecule has 0 radical (unpaired) electrons. The Morgan fingerprint density at radius 3 is 2.86 bits per heavy atom. The summed E-state index contributed by atoms with van der Waals surface area (Å²) >= 11 is 0. The van der Waals surface area contributed by atoms with Gasteiger partial charge < -0.3 is 4.57 Å². The lowest BCUT2D eigenvalue weighted by Crippen LogP contribution is -1.99. The van der Waals surface area contributed by atoms with Crippen molar-refractivity contribution in [3.05, 3.63) is 22.5 Å². The Bertz CT molecular complexity index is 449. The highest BCUT2D eigenvalue weighted by molar-refractivity contribution is 5.98. The second kappa shape index (κ2) is 2.98. The van der Waals surface area contributed by atoms with Crippen LogP contribution < -0.4 is 0 Å². The maximum absolute atomic E-state index is 11.4. The van der Waals surface area contributed by atoms with Gasteiger partial charge in [-0.1, -0.05) is 0 Å². The van der Waals surface area contributed by atoms with Crippen LogP contribution in [-0.2, 0) is 13.0 Å². The molecular weight excluding hydrogens is 176 g/mol. The summed E-state index contributed by atoms with van der Waals surface area (Å²) in [4.78, 5) is 11.4. The number of nitriles is 1. The van der Waals surface area contributed by atoms with E-state index in [2.05, 4.69) is 10.6 Å². The van der Waals surface area contributed by atoms with Crippen molar-refractivity contribution >= 4 is 5.78 Å². The highest BCUT2D eigenvalue weighted by Gasteiger charge is 2.25. The molecule has 0 unspecified atom stereocenters. The molecule has 0 spiro atoms. The van der Waals surface area contributed by atoms with Gasteiger partial charge in [-0.05, 0) is 26.7 Å². The van der Waals surface area contributed by atoms with Crippen LogP contribution in [0.4, 0.5) is 0 Å². The number of ketones is 1. The van der Waals surface area contributed by atoms with E-state index in [-0.39, 0.29) is 5.78 Å². The van der Waals surface area contributed by atoms with Crippen LogP contribution in [0.5, 0.6) is 0 Å². The number of aromatic nitrogens is 1. The van der Waals surface area contributed by atoms with Crippen molar-refractivity contribution in [3.63, 3.8) is 0 Å². The zero-order valence-corrected chi connectivity index (χ0v) is 8.42. The molecule has 0 bridgehead atoms. The summed E-state index contributed by atoms with van der Waals surface area (Å²) in [5.41, 5.74) is 3.24. The molecule has 2 rings (SSSR count). The first-order valence-corrected chi connectivity index (χ1v) is 4.79. The lowest BCUT2D eigenvalue weighted by molar-refractivity contribution is 0.101. The molecule has 2 heterocycles. The van der Waals surface area contributed by atoms with Gasteiger partial charge in [0.2, 0.25) is 0 Å². The number of fused-ring (bicyclic) bond motifs is 1. The van der Waals surface area contributed by atoms with Crippen LogP contribution in [0, 0.1) is 18.3 Å². The molecular formula is C11H12N2O. The molecule has 1 aliphatic heterocycles. The van der Waals surface area contributed by atoms with Crippen molar-refractivity contribution in [1.82, 2.24) is 4.57 Å². The molecule has 1 aliphatic rings. The summed E-state index contributed by atoms with van der Waals surface area (Å²) < 4.78 is 2.11. The van der Waals surface area contributed by atoms with Gasteiger partial charge in [-0.25, -0.2) is 0 Å². The van der Waals surface area contributed by atoms with E-state index in [9.17, 15) is 4.79 Å². The quantitative estimate of drug-likeness (QED) is 0.631. The minimum absolute atomic E-state index is 0.000880. The number of hydrogen-bond acceptors (Lipinski definition) is 2. The zero-order valence-electron chi connectivity index (χ0n) is 8.42. The van der Waals surface area contributed by atoms with Crippen molar-refractivity contribution in [2.45, 2.75) is 33.2 Å². The molecule has 0 N–H and O–H groups in total. The van der Waals surface area contributed by atoms with Crippen LogP contribution in [0.3, 0.4) is 0 Å². The molecule has 0 fully saturated rings. The smallest absolute Gasteiger partial charge is 0.162 e. The fourth-order valence-corrected chi connectivity index (χ4v) is 2.32. The predicted molar refractivity (Wildman–Crippen MR) is 52.2 cm³/mol. The van der Waals surface area contributed by atoms with Gasteiger partial charge in [0.25, 0.3) is 0 Å². The monoisotopic (exact) mass is 188 g/mol. The summed E-state index contributed by atoms with van der Waals surface area (Å²) in [5, 5.41) is 9.03. The van der Waals surface area contributed by atoms with E-state index in [1.165, 1.54) is 6.92 Å². The topological polar surface area (TPSA) is 45.8 Å². The van der Waals surface area contributed by atoms with Crippen LogP contribution in [0.2, 0.25) is 0 Å². The Morgan fingerprint density at radius 2 is 2.29 bits per heavy atom. The summed E-state index contributed by atoms with van der Waals surface area (Å²) in [6.07, 6.45) is 2.01. The summed E-state index contributed by atoms with van der Waals surface area (Å²) in [7, 11) is 0. The minimum atomic E-state index is 0.000880. The van der Waals surface area contributed by atoms with Gasteiger partial charge in [0.1, 0.15) is 6.07 Å². The van der Waals surface area contributed by atoms with Crippen LogP contribution >= 0.6 is 0 Å². The molecule has 0 atom stereocenters. The first-order valence-electron chi connectivity index (χ1n) is 4.79. The Kier molecular flexibility index (Phi) is 1.92. The maximum Gasteiger partial charge on any atom is 0.162 e. The number of carbonyl (C=O) groups is 1. The maximum atomic E-state index is 11.4. The van der Waals surface area contributed by atoms with Crippen molar-refractivity contribution in [2.75, 3.05) is 0 Å². The number of carbonyl (C=O) groups excluding carboxylic acids is 1. The van der Waals surface area contributed by atoms with Crippen molar-refractivity contribution in [1.29, 1.82) is 5.26 Å². The van der Waals surface area contributed by atoms with Crippen LogP contribution in [0.25, 0.3) is 0 Å². The second-order valence-electron chi connectivity index (χ2n) is 3.71. The molecule has 3 heteroatoms. The summed E-state index contributed by atoms with van der Waals surface area (Å²) in [5.74, 6) is 0.000880. The van der Waals surface area contributed by atoms with E-state index in [1.54, 1.807) is 0 Å². The van der Waals surface area contributed by atoms with Crippen molar-refractivity contribution in [2.24, 2.45) is 0 Å². The molecule has 0 saturated heterocycles. The number of rotatable bonds is 1. The number of nitrogens with zero attached hydrogens (tertiary/aromatic N) is 2. The van der Waals surface area contributed by atoms with E-state index in [4.69, 9.17) is 5.26 Å². The van der Waals surface area contributed by atoms with E-state index >= 15 is 0 Å². The number of Topliss-reactive ketones (excluding diaryl/α,β-unsaturated/α-hetero) is 1. The fraction of sp³-hybridized carbons (Fsp3) is 0.455. The summed E-state index contributed by atoms with van der Waals surface area (Å²) in [6, 6.07) is 2.16. The minimum Gasteiger partial charge on any atom is -0.347 e. The molecule has 14 heavy (non-hydrogen) atoms. The molecule has 3 nitrogen and oxygen atoms in total. The van der Waals surface area contributed by atoms with Gasteiger partial charge in [-0.2, -0.15) is 5.26 Å². The van der Waals surface area contributed by atoms with Crippen molar-refractivity contribution < 1.29 is 4.79 Å². The van der Waals surface area contributed by atoms with Gasteiger partial charge in [-0.15, -0.1) is 0 Å². The Hall–Kier alpha value is -1.56. The molecule has 0 aromatic carbocycles. The average molecular weight is 188 g/mol. The Morgan fingerprint density at radius 1 is 1.57 bits per heavy atom. The average Bonchev–Trinajstić information content (AvgIpc) is 2.67. The van der Waals surface area contributed by atoms with Gasteiger partial charge in [0.15, 0.2) is 5.78 Å². The summed E-state index contributed by atoms with van der Waals surface area (Å²) in [6.45, 7) is 4.40. The highest BCUT2D eigenvalue weighted by atomic mass is 16.1. The van der Waals surface area contributed by atoms with Crippen LogP contribution in [-0.4, -0.2) is 10.4 Å². The third-order valence-corrected chi connectivity index (χ3v) is 2.89. The Labute approximate surface area is 83.0 Å². The highest BCUT2D eigenvalue weighted by Crippen LogP contribution is 2.28. The fourth-order valence-electron chi connectivity index (χ4n) is 2.32. The van der Waals surface area contributed by atoms with Crippen LogP contribution in [0.1, 0.15) is 40.7 Å². The molecule has 0 amide bonds. The predicted octanol–water partition coefficient (Wildman–Crippen LogP) is 1.82. The molecule has 72 valence electrons. The van der Waals surface area contributed by atoms with Crippen LogP contribution in [0.15, 0.2) is 0 Å². The molecule has 1 aromatic rings. The lowest BCUT2D eigenvalue weighted by atomic mass is 10.0. The standard InChI is InChI=1S/C11H12N2O/c1-7-11(8(2)14)9(6-12)10-4-3-5-13(7)10/h3-5H2,1-2H3. The van der Waals surface area contributed by atoms with Gasteiger partial charge >= 0.3 is 0 Å².